The highest BCUT2D eigenvalue weighted by Gasteiger charge is 2.25. The van der Waals surface area contributed by atoms with Crippen molar-refractivity contribution < 1.29 is 9.21 Å². The number of para-hydroxylation sites is 1. The summed E-state index contributed by atoms with van der Waals surface area (Å²) < 4.78 is 5.84. The van der Waals surface area contributed by atoms with E-state index in [1.807, 2.05) is 32.0 Å². The highest BCUT2D eigenvalue weighted by molar-refractivity contribution is 5.99. The number of amides is 1. The third-order valence-electron chi connectivity index (χ3n) is 4.45. The molecule has 22 heavy (non-hydrogen) atoms. The lowest BCUT2D eigenvalue weighted by Gasteiger charge is -2.30. The van der Waals surface area contributed by atoms with E-state index in [4.69, 9.17) is 4.42 Å². The normalized spacial score (nSPS) is 21.4. The molecular weight excluding hydrogens is 300 g/mol. The molecule has 1 aliphatic rings. The number of aryl methyl sites for hydroxylation is 2. The Morgan fingerprint density at radius 2 is 2.14 bits per heavy atom. The van der Waals surface area contributed by atoms with Crippen molar-refractivity contribution in [3.8, 4) is 0 Å². The molecule has 2 heterocycles. The second kappa shape index (κ2) is 6.71. The molecule has 0 spiro atoms. The number of furan rings is 1. The van der Waals surface area contributed by atoms with E-state index >= 15 is 0 Å². The number of piperidine rings is 1. The fourth-order valence-electron chi connectivity index (χ4n) is 3.08. The van der Waals surface area contributed by atoms with Crippen molar-refractivity contribution in [2.75, 3.05) is 6.54 Å². The minimum atomic E-state index is -0.108. The van der Waals surface area contributed by atoms with Gasteiger partial charge in [0.05, 0.1) is 0 Å². The van der Waals surface area contributed by atoms with Gasteiger partial charge >= 0.3 is 0 Å². The predicted octanol–water partition coefficient (Wildman–Crippen LogP) is 3.34. The van der Waals surface area contributed by atoms with Gasteiger partial charge in [0.2, 0.25) is 0 Å². The van der Waals surface area contributed by atoms with Crippen LogP contribution in [0.25, 0.3) is 11.0 Å². The number of fused-ring (bicyclic) bond motifs is 1. The topological polar surface area (TPSA) is 54.3 Å². The molecule has 2 atom stereocenters. The summed E-state index contributed by atoms with van der Waals surface area (Å²) in [7, 11) is 0. The molecule has 1 aromatic heterocycles. The van der Waals surface area contributed by atoms with Gasteiger partial charge in [0.15, 0.2) is 5.76 Å². The van der Waals surface area contributed by atoms with Crippen molar-refractivity contribution in [2.45, 2.75) is 45.7 Å². The second-order valence-electron chi connectivity index (χ2n) is 5.97. The van der Waals surface area contributed by atoms with Gasteiger partial charge in [0.25, 0.3) is 5.91 Å². The number of halogens is 1. The first kappa shape index (κ1) is 16.8. The molecule has 0 radical (unpaired) electrons. The van der Waals surface area contributed by atoms with E-state index in [0.29, 0.717) is 11.8 Å². The lowest BCUT2D eigenvalue weighted by molar-refractivity contribution is 0.0893. The summed E-state index contributed by atoms with van der Waals surface area (Å²) in [5.74, 6) is 0.334. The number of benzene rings is 1. The summed E-state index contributed by atoms with van der Waals surface area (Å²) >= 11 is 0. The van der Waals surface area contributed by atoms with Crippen molar-refractivity contribution in [1.82, 2.24) is 10.6 Å². The quantitative estimate of drug-likeness (QED) is 0.891. The molecule has 3 rings (SSSR count). The van der Waals surface area contributed by atoms with E-state index in [1.165, 1.54) is 0 Å². The van der Waals surface area contributed by atoms with Gasteiger partial charge in [0.1, 0.15) is 5.58 Å². The minimum Gasteiger partial charge on any atom is -0.450 e. The summed E-state index contributed by atoms with van der Waals surface area (Å²) in [5.41, 5.74) is 2.79. The number of nitrogens with one attached hydrogen (secondary N) is 2. The fraction of sp³-hybridized carbons (Fsp3) is 0.471. The molecule has 2 aromatic rings. The second-order valence-corrected chi connectivity index (χ2v) is 5.97. The smallest absolute Gasteiger partial charge is 0.287 e. The van der Waals surface area contributed by atoms with Crippen LogP contribution in [-0.4, -0.2) is 24.5 Å². The summed E-state index contributed by atoms with van der Waals surface area (Å²) in [6.07, 6.45) is 2.10. The molecule has 1 saturated heterocycles. The number of carbonyl (C=O) groups excluding carboxylic acids is 1. The maximum atomic E-state index is 12.5. The van der Waals surface area contributed by atoms with Gasteiger partial charge in [-0.05, 0) is 45.7 Å². The third-order valence-corrected chi connectivity index (χ3v) is 4.45. The van der Waals surface area contributed by atoms with Crippen LogP contribution in [0, 0.1) is 13.8 Å². The van der Waals surface area contributed by atoms with Gasteiger partial charge in [-0.2, -0.15) is 0 Å². The lowest BCUT2D eigenvalue weighted by atomic mass is 9.99. The standard InChI is InChI=1S/C17H22N2O2.ClH/c1-10-6-4-7-13-11(2)16(21-15(10)13)17(20)19-14-8-5-9-18-12(14)3;/h4,6-7,12,14,18H,5,8-9H2,1-3H3,(H,19,20);1H. The Hall–Kier alpha value is -1.52. The highest BCUT2D eigenvalue weighted by Crippen LogP contribution is 2.27. The molecule has 0 saturated carbocycles. The van der Waals surface area contributed by atoms with Gasteiger partial charge in [-0.3, -0.25) is 4.79 Å². The Kier molecular flexibility index (Phi) is 5.14. The molecule has 1 aromatic carbocycles. The highest BCUT2D eigenvalue weighted by atomic mass is 35.5. The monoisotopic (exact) mass is 322 g/mol. The Labute approximate surface area is 137 Å². The third kappa shape index (κ3) is 2.99. The Bertz CT molecular complexity index is 681. The number of rotatable bonds is 2. The van der Waals surface area contributed by atoms with E-state index < -0.39 is 0 Å². The van der Waals surface area contributed by atoms with Crippen molar-refractivity contribution in [1.29, 1.82) is 0 Å². The van der Waals surface area contributed by atoms with E-state index in [0.717, 1.165) is 41.5 Å². The number of hydrogen-bond donors (Lipinski definition) is 2. The maximum absolute atomic E-state index is 12.5. The Morgan fingerprint density at radius 1 is 1.36 bits per heavy atom. The van der Waals surface area contributed by atoms with Crippen LogP contribution >= 0.6 is 12.4 Å². The summed E-state index contributed by atoms with van der Waals surface area (Å²) in [5, 5.41) is 7.53. The largest absolute Gasteiger partial charge is 0.450 e. The van der Waals surface area contributed by atoms with Crippen LogP contribution < -0.4 is 10.6 Å². The van der Waals surface area contributed by atoms with Crippen LogP contribution in [0.2, 0.25) is 0 Å². The van der Waals surface area contributed by atoms with Crippen LogP contribution in [-0.2, 0) is 0 Å². The van der Waals surface area contributed by atoms with Crippen molar-refractivity contribution in [3.05, 3.63) is 35.1 Å². The van der Waals surface area contributed by atoms with Crippen molar-refractivity contribution in [3.63, 3.8) is 0 Å². The molecular formula is C17H23ClN2O2. The van der Waals surface area contributed by atoms with Gasteiger partial charge in [-0.15, -0.1) is 12.4 Å². The molecule has 0 bridgehead atoms. The molecule has 1 aliphatic heterocycles. The summed E-state index contributed by atoms with van der Waals surface area (Å²) in [6, 6.07) is 6.46. The zero-order valence-electron chi connectivity index (χ0n) is 13.2. The molecule has 5 heteroatoms. The maximum Gasteiger partial charge on any atom is 0.287 e. The first-order valence-corrected chi connectivity index (χ1v) is 7.61. The molecule has 1 amide bonds. The molecule has 2 unspecified atom stereocenters. The Morgan fingerprint density at radius 3 is 2.82 bits per heavy atom. The van der Waals surface area contributed by atoms with Gasteiger partial charge in [0, 0.05) is 23.0 Å². The minimum absolute atomic E-state index is 0. The molecule has 4 nitrogen and oxygen atoms in total. The first-order valence-electron chi connectivity index (χ1n) is 7.61. The van der Waals surface area contributed by atoms with Crippen molar-refractivity contribution >= 4 is 29.3 Å². The average molecular weight is 323 g/mol. The average Bonchev–Trinajstić information content (AvgIpc) is 2.81. The lowest BCUT2D eigenvalue weighted by Crippen LogP contribution is -2.51. The molecule has 120 valence electrons. The van der Waals surface area contributed by atoms with Gasteiger partial charge in [-0.1, -0.05) is 18.2 Å². The van der Waals surface area contributed by atoms with Crippen LogP contribution in [0.3, 0.4) is 0 Å². The number of hydrogen-bond acceptors (Lipinski definition) is 3. The van der Waals surface area contributed by atoms with Crippen LogP contribution in [0.15, 0.2) is 22.6 Å². The first-order chi connectivity index (χ1) is 10.1. The van der Waals surface area contributed by atoms with E-state index in [9.17, 15) is 4.79 Å². The van der Waals surface area contributed by atoms with E-state index in [1.54, 1.807) is 0 Å². The van der Waals surface area contributed by atoms with Crippen LogP contribution in [0.4, 0.5) is 0 Å². The summed E-state index contributed by atoms with van der Waals surface area (Å²) in [4.78, 5) is 12.5. The predicted molar refractivity (Wildman–Crippen MR) is 90.9 cm³/mol. The SMILES string of the molecule is Cc1c(C(=O)NC2CCCNC2C)oc2c(C)cccc12.Cl. The van der Waals surface area contributed by atoms with E-state index in [-0.39, 0.29) is 24.4 Å². The zero-order valence-corrected chi connectivity index (χ0v) is 14.0. The fourth-order valence-corrected chi connectivity index (χ4v) is 3.08. The van der Waals surface area contributed by atoms with E-state index in [2.05, 4.69) is 17.6 Å². The molecule has 0 aliphatic carbocycles. The van der Waals surface area contributed by atoms with Gasteiger partial charge in [-0.25, -0.2) is 0 Å². The zero-order chi connectivity index (χ0) is 15.0. The number of carbonyl (C=O) groups is 1. The van der Waals surface area contributed by atoms with Crippen LogP contribution in [0.1, 0.15) is 41.4 Å². The molecule has 1 fully saturated rings. The Balaban J connectivity index is 0.00000176. The van der Waals surface area contributed by atoms with Crippen LogP contribution in [0.5, 0.6) is 0 Å². The summed E-state index contributed by atoms with van der Waals surface area (Å²) in [6.45, 7) is 7.08. The van der Waals surface area contributed by atoms with Gasteiger partial charge < -0.3 is 15.1 Å². The van der Waals surface area contributed by atoms with Crippen molar-refractivity contribution in [2.24, 2.45) is 0 Å². The molecule has 2 N–H and O–H groups in total.